The van der Waals surface area contributed by atoms with E-state index in [1.54, 1.807) is 11.8 Å². The number of rotatable bonds is 34. The van der Waals surface area contributed by atoms with Gasteiger partial charge in [0.1, 0.15) is 6.10 Å². The number of carbonyl (C=O) groups excluding carboxylic acids is 2. The van der Waals surface area contributed by atoms with Gasteiger partial charge in [-0.1, -0.05) is 135 Å². The van der Waals surface area contributed by atoms with E-state index < -0.39 is 13.9 Å². The van der Waals surface area contributed by atoms with Gasteiger partial charge in [0.2, 0.25) is 0 Å². The fourth-order valence-electron chi connectivity index (χ4n) is 4.89. The Morgan fingerprint density at radius 3 is 1.64 bits per heavy atom. The number of ether oxygens (including phenoxy) is 2. The molecule has 0 aromatic rings. The number of esters is 1. The molecule has 0 aliphatic carbocycles. The van der Waals surface area contributed by atoms with Crippen LogP contribution in [0.4, 0.5) is 0 Å². The zero-order valence-electron chi connectivity index (χ0n) is 26.7. The molecule has 0 bridgehead atoms. The highest BCUT2D eigenvalue weighted by atomic mass is 32.2. The van der Waals surface area contributed by atoms with Crippen LogP contribution in [0.25, 0.3) is 0 Å². The molecular weight excluding hydrogens is 575 g/mol. The van der Waals surface area contributed by atoms with Crippen LogP contribution >= 0.6 is 19.6 Å². The predicted octanol–water partition coefficient (Wildman–Crippen LogP) is 9.30. The number of hydrogen-bond donors (Lipinski definition) is 2. The third-order valence-electron chi connectivity index (χ3n) is 7.38. The van der Waals surface area contributed by atoms with Gasteiger partial charge < -0.3 is 19.3 Å². The van der Waals surface area contributed by atoms with Gasteiger partial charge in [0, 0.05) is 12.2 Å². The molecule has 0 radical (unpaired) electrons. The van der Waals surface area contributed by atoms with Crippen molar-refractivity contribution in [1.29, 1.82) is 0 Å². The lowest BCUT2D eigenvalue weighted by Crippen LogP contribution is -2.25. The summed E-state index contributed by atoms with van der Waals surface area (Å²) in [7, 11) is -4.60. The van der Waals surface area contributed by atoms with Gasteiger partial charge in [-0.15, -0.1) is 0 Å². The Kier molecular flexibility index (Phi) is 31.4. The number of carbonyl (C=O) groups is 2. The fraction of sp³-hybridized carbons (Fsp3) is 0.938. The molecule has 0 aromatic heterocycles. The van der Waals surface area contributed by atoms with Crippen LogP contribution < -0.4 is 0 Å². The number of phosphoric acid groups is 1. The molecule has 0 saturated carbocycles. The van der Waals surface area contributed by atoms with Crippen LogP contribution in [0, 0.1) is 0 Å². The number of thioether (sulfide) groups is 1. The van der Waals surface area contributed by atoms with Gasteiger partial charge in [-0.2, -0.15) is 11.8 Å². The molecule has 0 aliphatic heterocycles. The molecule has 2 N–H and O–H groups in total. The van der Waals surface area contributed by atoms with E-state index in [1.165, 1.54) is 103 Å². The number of hydrogen-bond acceptors (Lipinski definition) is 7. The van der Waals surface area contributed by atoms with E-state index in [9.17, 15) is 14.2 Å². The summed E-state index contributed by atoms with van der Waals surface area (Å²) < 4.78 is 26.0. The maximum absolute atomic E-state index is 12.3. The standard InChI is InChI=1S/C32H63O8PS/c1-2-3-4-5-6-7-10-13-16-19-22-25-32(34)40-31(28-39-41(35,36)37)29-42-27-24-21-18-15-12-9-8-11-14-17-20-23-26-38-30-33/h30-31H,2-29H2,1H3,(H2,35,36,37)/t31-/m1/s1. The first-order chi connectivity index (χ1) is 20.4. The van der Waals surface area contributed by atoms with Crippen molar-refractivity contribution in [3.63, 3.8) is 0 Å². The summed E-state index contributed by atoms with van der Waals surface area (Å²) in [5.74, 6) is 1.10. The Labute approximate surface area is 261 Å². The Morgan fingerprint density at radius 2 is 1.17 bits per heavy atom. The highest BCUT2D eigenvalue weighted by Crippen LogP contribution is 2.36. The summed E-state index contributed by atoms with van der Waals surface area (Å²) in [6, 6.07) is 0. The van der Waals surface area contributed by atoms with Crippen molar-refractivity contribution in [3.8, 4) is 0 Å². The van der Waals surface area contributed by atoms with Crippen LogP contribution in [0.3, 0.4) is 0 Å². The van der Waals surface area contributed by atoms with Gasteiger partial charge in [0.15, 0.2) is 0 Å². The second kappa shape index (κ2) is 31.8. The molecule has 10 heteroatoms. The van der Waals surface area contributed by atoms with Gasteiger partial charge in [-0.25, -0.2) is 4.57 Å². The minimum absolute atomic E-state index is 0.282. The summed E-state index contributed by atoms with van der Waals surface area (Å²) in [5.41, 5.74) is 0. The zero-order valence-corrected chi connectivity index (χ0v) is 28.4. The average molecular weight is 639 g/mol. The fourth-order valence-corrected chi connectivity index (χ4v) is 6.26. The lowest BCUT2D eigenvalue weighted by molar-refractivity contribution is -0.149. The first-order valence-electron chi connectivity index (χ1n) is 16.9. The van der Waals surface area contributed by atoms with Crippen LogP contribution in [-0.2, 0) is 28.2 Å². The monoisotopic (exact) mass is 638 g/mol. The third-order valence-corrected chi connectivity index (χ3v) is 9.05. The normalized spacial score (nSPS) is 12.4. The van der Waals surface area contributed by atoms with E-state index in [0.717, 1.165) is 50.7 Å². The van der Waals surface area contributed by atoms with Gasteiger partial charge >= 0.3 is 13.8 Å². The molecule has 0 aromatic carbocycles. The van der Waals surface area contributed by atoms with Gasteiger partial charge in [-0.05, 0) is 25.0 Å². The van der Waals surface area contributed by atoms with Crippen molar-refractivity contribution < 1.29 is 37.9 Å². The summed E-state index contributed by atoms with van der Waals surface area (Å²) in [4.78, 5) is 40.5. The van der Waals surface area contributed by atoms with Gasteiger partial charge in [0.05, 0.1) is 13.2 Å². The summed E-state index contributed by atoms with van der Waals surface area (Å²) >= 11 is 1.65. The minimum Gasteiger partial charge on any atom is -0.468 e. The van der Waals surface area contributed by atoms with Gasteiger partial charge in [0.25, 0.3) is 6.47 Å². The van der Waals surface area contributed by atoms with E-state index in [2.05, 4.69) is 11.4 Å². The van der Waals surface area contributed by atoms with E-state index in [1.807, 2.05) is 0 Å². The SMILES string of the molecule is CCCCCCCCCCCCCC(=O)O[C@H](COP(=O)(O)O)CSCCCCCCCCCCCCCCOC=O. The highest BCUT2D eigenvalue weighted by Gasteiger charge is 2.21. The molecule has 250 valence electrons. The molecule has 0 saturated heterocycles. The number of unbranched alkanes of at least 4 members (excludes halogenated alkanes) is 21. The Bertz CT molecular complexity index is 646. The predicted molar refractivity (Wildman–Crippen MR) is 174 cm³/mol. The van der Waals surface area contributed by atoms with E-state index in [4.69, 9.17) is 19.3 Å². The first kappa shape index (κ1) is 41.4. The van der Waals surface area contributed by atoms with Crippen LogP contribution in [0.5, 0.6) is 0 Å². The van der Waals surface area contributed by atoms with Crippen molar-refractivity contribution >= 4 is 32.0 Å². The molecule has 1 atom stereocenters. The van der Waals surface area contributed by atoms with Crippen molar-refractivity contribution in [3.05, 3.63) is 0 Å². The third kappa shape index (κ3) is 33.9. The number of phosphoric ester groups is 1. The summed E-state index contributed by atoms with van der Waals surface area (Å²) in [6.45, 7) is 3.01. The van der Waals surface area contributed by atoms with E-state index >= 15 is 0 Å². The van der Waals surface area contributed by atoms with Crippen LogP contribution in [-0.4, -0.2) is 53.1 Å². The second-order valence-electron chi connectivity index (χ2n) is 11.5. The van der Waals surface area contributed by atoms with Crippen molar-refractivity contribution in [1.82, 2.24) is 0 Å². The molecule has 0 unspecified atom stereocenters. The molecule has 8 nitrogen and oxygen atoms in total. The van der Waals surface area contributed by atoms with E-state index in [-0.39, 0.29) is 12.6 Å². The topological polar surface area (TPSA) is 119 Å². The molecule has 0 heterocycles. The van der Waals surface area contributed by atoms with Crippen LogP contribution in [0.15, 0.2) is 0 Å². The maximum atomic E-state index is 12.3. The molecule has 0 rings (SSSR count). The van der Waals surface area contributed by atoms with Crippen LogP contribution in [0.1, 0.15) is 161 Å². The Hall–Kier alpha value is -0.600. The van der Waals surface area contributed by atoms with Crippen LogP contribution in [0.2, 0.25) is 0 Å². The van der Waals surface area contributed by atoms with Crippen molar-refractivity contribution in [2.75, 3.05) is 24.7 Å². The highest BCUT2D eigenvalue weighted by molar-refractivity contribution is 7.99. The maximum Gasteiger partial charge on any atom is 0.469 e. The molecule has 0 aliphatic rings. The Morgan fingerprint density at radius 1 is 0.714 bits per heavy atom. The average Bonchev–Trinajstić information content (AvgIpc) is 2.95. The van der Waals surface area contributed by atoms with Crippen molar-refractivity contribution in [2.45, 2.75) is 167 Å². The lowest BCUT2D eigenvalue weighted by Gasteiger charge is -2.18. The minimum atomic E-state index is -4.60. The van der Waals surface area contributed by atoms with Gasteiger partial charge in [-0.3, -0.25) is 14.1 Å². The molecule has 0 spiro atoms. The van der Waals surface area contributed by atoms with Crippen molar-refractivity contribution in [2.24, 2.45) is 0 Å². The molecular formula is C32H63O8PS. The molecule has 0 amide bonds. The smallest absolute Gasteiger partial charge is 0.468 e. The lowest BCUT2D eigenvalue weighted by atomic mass is 10.1. The zero-order chi connectivity index (χ0) is 31.0. The Balaban J connectivity index is 3.80. The second-order valence-corrected chi connectivity index (χ2v) is 13.9. The largest absolute Gasteiger partial charge is 0.469 e. The summed E-state index contributed by atoms with van der Waals surface area (Å²) in [6.07, 6.45) is 27.4. The first-order valence-corrected chi connectivity index (χ1v) is 19.6. The molecule has 0 fully saturated rings. The molecule has 42 heavy (non-hydrogen) atoms. The summed E-state index contributed by atoms with van der Waals surface area (Å²) in [5, 5.41) is 0. The van der Waals surface area contributed by atoms with E-state index in [0.29, 0.717) is 25.3 Å². The quantitative estimate of drug-likeness (QED) is 0.0307.